The number of hydrogen-bond donors (Lipinski definition) is 0. The molecule has 232 valence electrons. The van der Waals surface area contributed by atoms with Crippen molar-refractivity contribution in [3.8, 4) is 0 Å². The first kappa shape index (κ1) is 31.8. The van der Waals surface area contributed by atoms with Crippen LogP contribution in [0, 0.1) is 5.92 Å². The SMILES string of the molecule is CC(C)=CCC/C(C)=C/Cn1c2c(n(Cc3cccs3)c1=O)C=C(c1ccccc1)[C@@H](C)C(C(=O)N(C)C1CCCCC1)=C2. The molecule has 1 fully saturated rings. The smallest absolute Gasteiger partial charge is 0.329 e. The van der Waals surface area contributed by atoms with E-state index in [0.717, 1.165) is 58.7 Å². The largest absolute Gasteiger partial charge is 0.339 e. The van der Waals surface area contributed by atoms with Crippen LogP contribution in [0.15, 0.2) is 81.5 Å². The van der Waals surface area contributed by atoms with Crippen LogP contribution in [0.5, 0.6) is 0 Å². The van der Waals surface area contributed by atoms with Crippen LogP contribution in [-0.2, 0) is 17.9 Å². The molecule has 5 nitrogen and oxygen atoms in total. The van der Waals surface area contributed by atoms with Crippen molar-refractivity contribution in [3.63, 3.8) is 0 Å². The van der Waals surface area contributed by atoms with Crippen molar-refractivity contribution in [1.82, 2.24) is 14.0 Å². The molecule has 0 saturated heterocycles. The van der Waals surface area contributed by atoms with E-state index in [1.807, 2.05) is 51.4 Å². The van der Waals surface area contributed by atoms with Crippen molar-refractivity contribution in [2.24, 2.45) is 5.92 Å². The van der Waals surface area contributed by atoms with Gasteiger partial charge >= 0.3 is 5.69 Å². The molecule has 2 aromatic heterocycles. The maximum absolute atomic E-state index is 14.4. The van der Waals surface area contributed by atoms with Gasteiger partial charge in [0.2, 0.25) is 5.91 Å². The molecule has 2 aliphatic rings. The molecular formula is C38H47N3O2S. The highest BCUT2D eigenvalue weighted by atomic mass is 32.1. The molecule has 44 heavy (non-hydrogen) atoms. The predicted octanol–water partition coefficient (Wildman–Crippen LogP) is 8.82. The van der Waals surface area contributed by atoms with Gasteiger partial charge in [0.05, 0.1) is 17.9 Å². The summed E-state index contributed by atoms with van der Waals surface area (Å²) in [6.07, 6.45) is 16.3. The van der Waals surface area contributed by atoms with Crippen LogP contribution in [0.25, 0.3) is 17.7 Å². The van der Waals surface area contributed by atoms with Crippen LogP contribution in [0.4, 0.5) is 0 Å². The van der Waals surface area contributed by atoms with Crippen LogP contribution in [0.1, 0.15) is 94.5 Å². The van der Waals surface area contributed by atoms with Crippen molar-refractivity contribution in [2.45, 2.75) is 91.8 Å². The zero-order valence-corrected chi connectivity index (χ0v) is 27.8. The Morgan fingerprint density at radius 2 is 1.68 bits per heavy atom. The van der Waals surface area contributed by atoms with Crippen molar-refractivity contribution in [1.29, 1.82) is 0 Å². The monoisotopic (exact) mass is 609 g/mol. The van der Waals surface area contributed by atoms with Crippen LogP contribution in [0.3, 0.4) is 0 Å². The van der Waals surface area contributed by atoms with Crippen molar-refractivity contribution < 1.29 is 4.79 Å². The van der Waals surface area contributed by atoms with Crippen molar-refractivity contribution in [2.75, 3.05) is 7.05 Å². The van der Waals surface area contributed by atoms with Gasteiger partial charge in [0.15, 0.2) is 0 Å². The summed E-state index contributed by atoms with van der Waals surface area (Å²) in [5, 5.41) is 2.06. The molecule has 1 atom stereocenters. The Kier molecular flexibility index (Phi) is 10.4. The molecule has 3 aromatic rings. The van der Waals surface area contributed by atoms with E-state index >= 15 is 0 Å². The molecule has 0 aliphatic heterocycles. The van der Waals surface area contributed by atoms with Gasteiger partial charge in [-0.05, 0) is 81.2 Å². The molecule has 2 aliphatic carbocycles. The first-order valence-electron chi connectivity index (χ1n) is 16.1. The number of imidazole rings is 1. The lowest BCUT2D eigenvalue weighted by atomic mass is 9.86. The molecule has 5 rings (SSSR count). The number of rotatable bonds is 10. The van der Waals surface area contributed by atoms with E-state index in [9.17, 15) is 9.59 Å². The third kappa shape index (κ3) is 7.18. The van der Waals surface area contributed by atoms with E-state index in [1.165, 1.54) is 30.4 Å². The van der Waals surface area contributed by atoms with E-state index < -0.39 is 0 Å². The van der Waals surface area contributed by atoms with Crippen molar-refractivity contribution >= 4 is 35.0 Å². The molecule has 1 saturated carbocycles. The van der Waals surface area contributed by atoms with E-state index in [1.54, 1.807) is 11.3 Å². The minimum Gasteiger partial charge on any atom is -0.339 e. The zero-order valence-electron chi connectivity index (χ0n) is 27.0. The summed E-state index contributed by atoms with van der Waals surface area (Å²) in [4.78, 5) is 31.7. The maximum Gasteiger partial charge on any atom is 0.329 e. The molecule has 0 radical (unpaired) electrons. The van der Waals surface area contributed by atoms with Gasteiger partial charge in [-0.15, -0.1) is 11.3 Å². The maximum atomic E-state index is 14.4. The molecule has 2 heterocycles. The van der Waals surface area contributed by atoms with Crippen LogP contribution < -0.4 is 5.69 Å². The zero-order chi connectivity index (χ0) is 31.2. The number of likely N-dealkylation sites (N-methyl/N-ethyl adjacent to an activating group) is 1. The Morgan fingerprint density at radius 1 is 0.955 bits per heavy atom. The molecule has 0 spiro atoms. The van der Waals surface area contributed by atoms with Gasteiger partial charge in [0.25, 0.3) is 0 Å². The number of nitrogens with zero attached hydrogens (tertiary/aromatic N) is 3. The second kappa shape index (κ2) is 14.4. The minimum atomic E-state index is -0.136. The average molecular weight is 610 g/mol. The van der Waals surface area contributed by atoms with Gasteiger partial charge < -0.3 is 4.90 Å². The Labute approximate surface area is 266 Å². The topological polar surface area (TPSA) is 47.2 Å². The Morgan fingerprint density at radius 3 is 2.36 bits per heavy atom. The molecule has 1 aromatic carbocycles. The van der Waals surface area contributed by atoms with E-state index in [2.05, 4.69) is 69.5 Å². The number of carbonyl (C=O) groups excluding carboxylic acids is 1. The summed E-state index contributed by atoms with van der Waals surface area (Å²) < 4.78 is 3.77. The molecule has 1 amide bonds. The fourth-order valence-corrected chi connectivity index (χ4v) is 7.21. The standard InChI is InChI=1S/C38H47N3O2S/c1-27(2)14-12-15-28(3)21-22-40-35-25-34(37(42)39(5)31-18-10-7-11-19-31)29(4)33(30-16-8-6-9-17-30)24-36(35)41(38(40)43)26-32-20-13-23-44-32/h6,8-9,13-14,16-17,20-21,23-25,29,31H,7,10-12,15,18-19,22,26H2,1-5H3/b28-21+/t29-/m1/s1. The predicted molar refractivity (Wildman–Crippen MR) is 186 cm³/mol. The lowest BCUT2D eigenvalue weighted by molar-refractivity contribution is -0.128. The summed E-state index contributed by atoms with van der Waals surface area (Å²) in [7, 11) is 1.97. The van der Waals surface area contributed by atoms with Crippen LogP contribution >= 0.6 is 11.3 Å². The minimum absolute atomic E-state index is 0.0429. The summed E-state index contributed by atoms with van der Waals surface area (Å²) >= 11 is 1.66. The summed E-state index contributed by atoms with van der Waals surface area (Å²) in [5.41, 5.74) is 7.11. The van der Waals surface area contributed by atoms with E-state index in [0.29, 0.717) is 13.1 Å². The summed E-state index contributed by atoms with van der Waals surface area (Å²) in [5.74, 6) is -0.0686. The number of thiophene rings is 1. The first-order valence-corrected chi connectivity index (χ1v) is 17.0. The highest BCUT2D eigenvalue weighted by Gasteiger charge is 2.32. The van der Waals surface area contributed by atoms with Gasteiger partial charge in [-0.1, -0.05) is 85.9 Å². The Hall–Kier alpha value is -3.64. The van der Waals surface area contributed by atoms with Gasteiger partial charge in [-0.3, -0.25) is 13.9 Å². The van der Waals surface area contributed by atoms with E-state index in [-0.39, 0.29) is 23.6 Å². The van der Waals surface area contributed by atoms with Gasteiger partial charge in [0, 0.05) is 36.0 Å². The summed E-state index contributed by atoms with van der Waals surface area (Å²) in [6, 6.07) is 14.7. The lowest BCUT2D eigenvalue weighted by Crippen LogP contribution is -2.40. The third-order valence-electron chi connectivity index (χ3n) is 9.23. The number of carbonyl (C=O) groups is 1. The lowest BCUT2D eigenvalue weighted by Gasteiger charge is -2.33. The highest BCUT2D eigenvalue weighted by Crippen LogP contribution is 2.38. The Balaban J connectivity index is 1.65. The second-order valence-corrected chi connectivity index (χ2v) is 13.7. The van der Waals surface area contributed by atoms with Crippen molar-refractivity contribution in [3.05, 3.63) is 109 Å². The second-order valence-electron chi connectivity index (χ2n) is 12.7. The number of aromatic nitrogens is 2. The van der Waals surface area contributed by atoms with Gasteiger partial charge in [-0.2, -0.15) is 0 Å². The van der Waals surface area contributed by atoms with Crippen LogP contribution in [0.2, 0.25) is 0 Å². The molecule has 0 bridgehead atoms. The number of hydrogen-bond acceptors (Lipinski definition) is 3. The fraction of sp³-hybridized carbons (Fsp3) is 0.421. The Bertz CT molecular complexity index is 1620. The number of benzene rings is 1. The first-order chi connectivity index (χ1) is 21.2. The quantitative estimate of drug-likeness (QED) is 0.216. The third-order valence-corrected chi connectivity index (χ3v) is 10.1. The van der Waals surface area contributed by atoms with Gasteiger partial charge in [0.1, 0.15) is 0 Å². The highest BCUT2D eigenvalue weighted by molar-refractivity contribution is 7.09. The van der Waals surface area contributed by atoms with Crippen LogP contribution in [-0.4, -0.2) is 33.0 Å². The molecule has 6 heteroatoms. The number of fused-ring (bicyclic) bond motifs is 1. The number of allylic oxidation sites excluding steroid dienone is 5. The average Bonchev–Trinajstić information content (AvgIpc) is 3.59. The number of amides is 1. The fourth-order valence-electron chi connectivity index (χ4n) is 6.52. The summed E-state index contributed by atoms with van der Waals surface area (Å²) in [6.45, 7) is 9.51. The molecule has 0 N–H and O–H groups in total. The van der Waals surface area contributed by atoms with Gasteiger partial charge in [-0.25, -0.2) is 4.79 Å². The molecular weight excluding hydrogens is 563 g/mol. The van der Waals surface area contributed by atoms with E-state index in [4.69, 9.17) is 0 Å². The normalized spacial score (nSPS) is 17.4. The molecule has 0 unspecified atom stereocenters.